The minimum atomic E-state index is -0.204. The molecule has 0 aliphatic carbocycles. The molecule has 21 heavy (non-hydrogen) atoms. The van der Waals surface area contributed by atoms with Crippen molar-refractivity contribution in [2.24, 2.45) is 0 Å². The number of rotatable bonds is 4. The zero-order chi connectivity index (χ0) is 14.8. The van der Waals surface area contributed by atoms with E-state index in [-0.39, 0.29) is 11.9 Å². The van der Waals surface area contributed by atoms with Gasteiger partial charge in [0.15, 0.2) is 0 Å². The summed E-state index contributed by atoms with van der Waals surface area (Å²) in [5.41, 5.74) is 2.16. The summed E-state index contributed by atoms with van der Waals surface area (Å²) in [6.07, 6.45) is 1.72. The first-order valence-corrected chi connectivity index (χ1v) is 8.42. The SMILES string of the molecule is Fc1ccc2c(c1)CC(CC(CBr)c1cccc(Cl)c1)O2. The van der Waals surface area contributed by atoms with Crippen LogP contribution in [0.4, 0.5) is 4.39 Å². The monoisotopic (exact) mass is 368 g/mol. The van der Waals surface area contributed by atoms with Crippen LogP contribution in [-0.4, -0.2) is 11.4 Å². The van der Waals surface area contributed by atoms with Gasteiger partial charge in [-0.25, -0.2) is 4.39 Å². The second kappa shape index (κ2) is 6.37. The van der Waals surface area contributed by atoms with E-state index in [1.54, 1.807) is 12.1 Å². The molecule has 0 fully saturated rings. The quantitative estimate of drug-likeness (QED) is 0.660. The molecule has 0 bridgehead atoms. The highest BCUT2D eigenvalue weighted by Gasteiger charge is 2.26. The molecular weight excluding hydrogens is 355 g/mol. The zero-order valence-corrected chi connectivity index (χ0v) is 13.7. The van der Waals surface area contributed by atoms with E-state index in [9.17, 15) is 4.39 Å². The Balaban J connectivity index is 1.72. The van der Waals surface area contributed by atoms with Gasteiger partial charge in [0, 0.05) is 22.3 Å². The number of hydrogen-bond donors (Lipinski definition) is 0. The van der Waals surface area contributed by atoms with E-state index in [1.807, 2.05) is 18.2 Å². The van der Waals surface area contributed by atoms with Gasteiger partial charge in [0.25, 0.3) is 0 Å². The molecule has 1 aliphatic rings. The van der Waals surface area contributed by atoms with Crippen LogP contribution in [-0.2, 0) is 6.42 Å². The molecule has 3 rings (SSSR count). The van der Waals surface area contributed by atoms with Crippen molar-refractivity contribution in [2.45, 2.75) is 24.9 Å². The third-order valence-electron chi connectivity index (χ3n) is 3.82. The molecule has 0 aromatic heterocycles. The third-order valence-corrected chi connectivity index (χ3v) is 4.83. The minimum Gasteiger partial charge on any atom is -0.490 e. The first-order valence-electron chi connectivity index (χ1n) is 6.92. The van der Waals surface area contributed by atoms with E-state index in [0.717, 1.165) is 34.5 Å². The number of fused-ring (bicyclic) bond motifs is 1. The van der Waals surface area contributed by atoms with Gasteiger partial charge >= 0.3 is 0 Å². The molecule has 0 saturated heterocycles. The number of halogens is 3. The van der Waals surface area contributed by atoms with Gasteiger partial charge in [0.1, 0.15) is 17.7 Å². The van der Waals surface area contributed by atoms with Gasteiger partial charge in [-0.3, -0.25) is 0 Å². The third kappa shape index (κ3) is 3.41. The molecule has 0 saturated carbocycles. The summed E-state index contributed by atoms with van der Waals surface area (Å²) in [4.78, 5) is 0. The van der Waals surface area contributed by atoms with Gasteiger partial charge in [-0.05, 0) is 48.2 Å². The van der Waals surface area contributed by atoms with Gasteiger partial charge in [0.2, 0.25) is 0 Å². The molecule has 0 radical (unpaired) electrons. The Morgan fingerprint density at radius 3 is 2.90 bits per heavy atom. The Morgan fingerprint density at radius 1 is 1.29 bits per heavy atom. The molecule has 4 heteroatoms. The Kier molecular flexibility index (Phi) is 4.51. The standard InChI is InChI=1S/C17H15BrClFO/c18-10-13(11-2-1-3-14(19)6-11)9-16-8-12-7-15(20)4-5-17(12)21-16/h1-7,13,16H,8-10H2. The van der Waals surface area contributed by atoms with Crippen molar-refractivity contribution in [1.29, 1.82) is 0 Å². The Bertz CT molecular complexity index is 646. The summed E-state index contributed by atoms with van der Waals surface area (Å²) in [5.74, 6) is 0.929. The molecule has 0 N–H and O–H groups in total. The average Bonchev–Trinajstić information content (AvgIpc) is 2.86. The van der Waals surface area contributed by atoms with Crippen molar-refractivity contribution in [3.63, 3.8) is 0 Å². The first-order chi connectivity index (χ1) is 10.2. The lowest BCUT2D eigenvalue weighted by molar-refractivity contribution is 0.213. The van der Waals surface area contributed by atoms with Crippen molar-refractivity contribution in [1.82, 2.24) is 0 Å². The van der Waals surface area contributed by atoms with E-state index in [0.29, 0.717) is 5.92 Å². The minimum absolute atomic E-state index is 0.0864. The molecule has 0 amide bonds. The van der Waals surface area contributed by atoms with Crippen molar-refractivity contribution in [2.75, 3.05) is 5.33 Å². The smallest absolute Gasteiger partial charge is 0.123 e. The first kappa shape index (κ1) is 14.9. The van der Waals surface area contributed by atoms with Crippen LogP contribution in [0.25, 0.3) is 0 Å². The van der Waals surface area contributed by atoms with Crippen LogP contribution in [0.3, 0.4) is 0 Å². The fraction of sp³-hybridized carbons (Fsp3) is 0.294. The number of hydrogen-bond acceptors (Lipinski definition) is 1. The lowest BCUT2D eigenvalue weighted by Gasteiger charge is -2.19. The van der Waals surface area contributed by atoms with Gasteiger partial charge in [-0.15, -0.1) is 0 Å². The molecule has 1 nitrogen and oxygen atoms in total. The maximum Gasteiger partial charge on any atom is 0.123 e. The predicted octanol–water partition coefficient (Wildman–Crippen LogP) is 5.35. The zero-order valence-electron chi connectivity index (χ0n) is 11.4. The highest BCUT2D eigenvalue weighted by atomic mass is 79.9. The van der Waals surface area contributed by atoms with E-state index < -0.39 is 0 Å². The van der Waals surface area contributed by atoms with Crippen LogP contribution in [0.5, 0.6) is 5.75 Å². The molecule has 2 unspecified atom stereocenters. The van der Waals surface area contributed by atoms with E-state index >= 15 is 0 Å². The molecule has 2 aromatic rings. The number of benzene rings is 2. The molecular formula is C17H15BrClFO. The normalized spacial score (nSPS) is 18.1. The highest BCUT2D eigenvalue weighted by Crippen LogP contribution is 2.34. The summed E-state index contributed by atoms with van der Waals surface area (Å²) in [6.45, 7) is 0. The maximum absolute atomic E-state index is 13.2. The maximum atomic E-state index is 13.2. The van der Waals surface area contributed by atoms with Crippen molar-refractivity contribution in [3.05, 3.63) is 64.4 Å². The highest BCUT2D eigenvalue weighted by molar-refractivity contribution is 9.09. The fourth-order valence-electron chi connectivity index (χ4n) is 2.79. The van der Waals surface area contributed by atoms with Crippen LogP contribution in [0.15, 0.2) is 42.5 Å². The lowest BCUT2D eigenvalue weighted by atomic mass is 9.93. The molecule has 110 valence electrons. The van der Waals surface area contributed by atoms with Gasteiger partial charge in [-0.1, -0.05) is 39.7 Å². The van der Waals surface area contributed by atoms with Gasteiger partial charge in [0.05, 0.1) is 0 Å². The molecule has 1 heterocycles. The molecule has 2 atom stereocenters. The largest absolute Gasteiger partial charge is 0.490 e. The van der Waals surface area contributed by atoms with Crippen LogP contribution in [0.2, 0.25) is 5.02 Å². The predicted molar refractivity (Wildman–Crippen MR) is 87.1 cm³/mol. The Labute approximate surface area is 137 Å². The van der Waals surface area contributed by atoms with Crippen molar-refractivity contribution < 1.29 is 9.13 Å². The van der Waals surface area contributed by atoms with Crippen molar-refractivity contribution in [3.8, 4) is 5.75 Å². The van der Waals surface area contributed by atoms with Crippen LogP contribution >= 0.6 is 27.5 Å². The Hall–Kier alpha value is -1.06. The average molecular weight is 370 g/mol. The van der Waals surface area contributed by atoms with Crippen LogP contribution < -0.4 is 4.74 Å². The van der Waals surface area contributed by atoms with Crippen molar-refractivity contribution >= 4 is 27.5 Å². The number of alkyl halides is 1. The van der Waals surface area contributed by atoms with Gasteiger partial charge in [-0.2, -0.15) is 0 Å². The molecule has 1 aliphatic heterocycles. The van der Waals surface area contributed by atoms with E-state index in [2.05, 4.69) is 22.0 Å². The lowest BCUT2D eigenvalue weighted by Crippen LogP contribution is -2.18. The second-order valence-electron chi connectivity index (χ2n) is 5.34. The van der Waals surface area contributed by atoms with Gasteiger partial charge < -0.3 is 4.74 Å². The van der Waals surface area contributed by atoms with E-state index in [4.69, 9.17) is 16.3 Å². The second-order valence-corrected chi connectivity index (χ2v) is 6.42. The van der Waals surface area contributed by atoms with E-state index in [1.165, 1.54) is 11.6 Å². The summed E-state index contributed by atoms with van der Waals surface area (Å²) in [6, 6.07) is 12.6. The van der Waals surface area contributed by atoms with Crippen LogP contribution in [0.1, 0.15) is 23.5 Å². The summed E-state index contributed by atoms with van der Waals surface area (Å²) in [5, 5.41) is 1.59. The summed E-state index contributed by atoms with van der Waals surface area (Å²) < 4.78 is 19.2. The topological polar surface area (TPSA) is 9.23 Å². The summed E-state index contributed by atoms with van der Waals surface area (Å²) in [7, 11) is 0. The fourth-order valence-corrected chi connectivity index (χ4v) is 3.62. The number of ether oxygens (including phenoxy) is 1. The molecule has 0 spiro atoms. The molecule has 2 aromatic carbocycles. The Morgan fingerprint density at radius 2 is 2.14 bits per heavy atom. The summed E-state index contributed by atoms with van der Waals surface area (Å²) >= 11 is 9.64. The van der Waals surface area contributed by atoms with Crippen LogP contribution in [0, 0.1) is 5.82 Å².